The second-order valence-electron chi connectivity index (χ2n) is 4.54. The third-order valence-electron chi connectivity index (χ3n) is 3.11. The highest BCUT2D eigenvalue weighted by molar-refractivity contribution is 7.80. The molecular formula is C13H16N2O3S. The van der Waals surface area contributed by atoms with Gasteiger partial charge in [0, 0.05) is 19.5 Å². The molecule has 19 heavy (non-hydrogen) atoms. The molecule has 102 valence electrons. The predicted molar refractivity (Wildman–Crippen MR) is 74.6 cm³/mol. The van der Waals surface area contributed by atoms with Crippen molar-refractivity contribution in [3.05, 3.63) is 35.9 Å². The maximum absolute atomic E-state index is 11.1. The summed E-state index contributed by atoms with van der Waals surface area (Å²) in [6, 6.07) is 8.97. The molecule has 0 unspecified atom stereocenters. The van der Waals surface area contributed by atoms with Crippen molar-refractivity contribution < 1.29 is 15.0 Å². The van der Waals surface area contributed by atoms with Gasteiger partial charge in [-0.1, -0.05) is 30.3 Å². The molecule has 1 saturated heterocycles. The first kappa shape index (κ1) is 13.8. The molecule has 6 heteroatoms. The summed E-state index contributed by atoms with van der Waals surface area (Å²) < 4.78 is 0. The zero-order valence-corrected chi connectivity index (χ0v) is 11.1. The van der Waals surface area contributed by atoms with E-state index in [0.29, 0.717) is 11.7 Å². The fraction of sp³-hybridized carbons (Fsp3) is 0.385. The minimum absolute atomic E-state index is 0.211. The van der Waals surface area contributed by atoms with E-state index < -0.39 is 18.1 Å². The summed E-state index contributed by atoms with van der Waals surface area (Å²) in [5, 5.41) is 22.1. The summed E-state index contributed by atoms with van der Waals surface area (Å²) in [6.45, 7) is 0.802. The van der Waals surface area contributed by atoms with Gasteiger partial charge >= 0.3 is 5.97 Å². The van der Waals surface area contributed by atoms with Gasteiger partial charge in [0.05, 0.1) is 6.10 Å². The van der Waals surface area contributed by atoms with Gasteiger partial charge in [-0.2, -0.15) is 0 Å². The number of β-amino-alcohol motifs (C(OH)–C–C–N with tert-alkyl or cyclic N) is 1. The number of thiocarbonyl (C=S) groups is 1. The quantitative estimate of drug-likeness (QED) is 0.704. The van der Waals surface area contributed by atoms with Crippen molar-refractivity contribution in [1.29, 1.82) is 0 Å². The lowest BCUT2D eigenvalue weighted by molar-refractivity contribution is -0.141. The second kappa shape index (κ2) is 5.99. The number of benzene rings is 1. The van der Waals surface area contributed by atoms with Crippen molar-refractivity contribution in [2.45, 2.75) is 25.1 Å². The van der Waals surface area contributed by atoms with E-state index in [-0.39, 0.29) is 13.0 Å². The van der Waals surface area contributed by atoms with Gasteiger partial charge in [0.15, 0.2) is 5.11 Å². The van der Waals surface area contributed by atoms with Crippen molar-refractivity contribution in [3.63, 3.8) is 0 Å². The summed E-state index contributed by atoms with van der Waals surface area (Å²) in [5.41, 5.74) is 1.07. The Labute approximate surface area is 116 Å². The number of aliphatic hydroxyl groups excluding tert-OH is 1. The molecule has 1 heterocycles. The first-order valence-corrected chi connectivity index (χ1v) is 6.48. The fourth-order valence-electron chi connectivity index (χ4n) is 2.15. The van der Waals surface area contributed by atoms with Crippen molar-refractivity contribution >= 4 is 23.3 Å². The van der Waals surface area contributed by atoms with Crippen LogP contribution < -0.4 is 5.32 Å². The number of nitrogens with zero attached hydrogens (tertiary/aromatic N) is 1. The van der Waals surface area contributed by atoms with Crippen molar-refractivity contribution in [1.82, 2.24) is 10.2 Å². The number of carboxylic acids is 1. The Bertz CT molecular complexity index is 466. The largest absolute Gasteiger partial charge is 0.480 e. The standard InChI is InChI=1S/C13H16N2O3S/c16-10-6-11(12(17)18)15(8-10)13(19)14-7-9-4-2-1-3-5-9/h1-5,10-11,16H,6-8H2,(H,14,19)(H,17,18)/t10-,11+/m1/s1. The lowest BCUT2D eigenvalue weighted by Gasteiger charge is -2.24. The van der Waals surface area contributed by atoms with Gasteiger partial charge in [-0.15, -0.1) is 0 Å². The molecular weight excluding hydrogens is 264 g/mol. The number of aliphatic carboxylic acids is 1. The highest BCUT2D eigenvalue weighted by Gasteiger charge is 2.37. The van der Waals surface area contributed by atoms with Crippen LogP contribution in [0.1, 0.15) is 12.0 Å². The highest BCUT2D eigenvalue weighted by Crippen LogP contribution is 2.18. The van der Waals surface area contributed by atoms with Gasteiger partial charge in [-0.25, -0.2) is 4.79 Å². The number of aliphatic hydroxyl groups is 1. The van der Waals surface area contributed by atoms with E-state index in [4.69, 9.17) is 17.3 Å². The normalized spacial score (nSPS) is 22.3. The lowest BCUT2D eigenvalue weighted by Crippen LogP contribution is -2.45. The maximum Gasteiger partial charge on any atom is 0.326 e. The molecule has 0 saturated carbocycles. The second-order valence-corrected chi connectivity index (χ2v) is 4.93. The van der Waals surface area contributed by atoms with Gasteiger partial charge in [-0.3, -0.25) is 0 Å². The van der Waals surface area contributed by atoms with Crippen LogP contribution in [0.25, 0.3) is 0 Å². The SMILES string of the molecule is O=C(O)[C@@H]1C[C@@H](O)CN1C(=S)NCc1ccccc1. The van der Waals surface area contributed by atoms with E-state index in [1.165, 1.54) is 4.90 Å². The Kier molecular flexibility index (Phi) is 4.34. The van der Waals surface area contributed by atoms with Crippen LogP contribution >= 0.6 is 12.2 Å². The molecule has 2 atom stereocenters. The summed E-state index contributed by atoms with van der Waals surface area (Å²) in [4.78, 5) is 12.6. The number of nitrogens with one attached hydrogen (secondary N) is 1. The minimum atomic E-state index is -0.958. The number of carbonyl (C=O) groups is 1. The van der Waals surface area contributed by atoms with E-state index in [1.807, 2.05) is 30.3 Å². The Hall–Kier alpha value is -1.66. The molecule has 0 amide bonds. The Morgan fingerprint density at radius 1 is 1.42 bits per heavy atom. The zero-order chi connectivity index (χ0) is 13.8. The highest BCUT2D eigenvalue weighted by atomic mass is 32.1. The lowest BCUT2D eigenvalue weighted by atomic mass is 10.2. The third kappa shape index (κ3) is 3.42. The summed E-state index contributed by atoms with van der Waals surface area (Å²) in [6.07, 6.45) is -0.430. The molecule has 0 aromatic heterocycles. The molecule has 0 aliphatic carbocycles. The van der Waals surface area contributed by atoms with Gasteiger partial charge in [0.1, 0.15) is 6.04 Å². The van der Waals surface area contributed by atoms with E-state index in [1.54, 1.807) is 0 Å². The molecule has 1 fully saturated rings. The zero-order valence-electron chi connectivity index (χ0n) is 10.3. The molecule has 1 aliphatic rings. The fourth-order valence-corrected chi connectivity index (χ4v) is 2.42. The first-order valence-electron chi connectivity index (χ1n) is 6.07. The first-order chi connectivity index (χ1) is 9.08. The monoisotopic (exact) mass is 280 g/mol. The van der Waals surface area contributed by atoms with E-state index >= 15 is 0 Å². The molecule has 1 aromatic carbocycles. The molecule has 1 aliphatic heterocycles. The van der Waals surface area contributed by atoms with Crippen LogP contribution in [-0.2, 0) is 11.3 Å². The van der Waals surface area contributed by atoms with Crippen molar-refractivity contribution in [3.8, 4) is 0 Å². The van der Waals surface area contributed by atoms with Crippen molar-refractivity contribution in [2.75, 3.05) is 6.54 Å². The van der Waals surface area contributed by atoms with Crippen molar-refractivity contribution in [2.24, 2.45) is 0 Å². The van der Waals surface area contributed by atoms with Gasteiger partial charge < -0.3 is 20.4 Å². The Morgan fingerprint density at radius 2 is 2.11 bits per heavy atom. The topological polar surface area (TPSA) is 72.8 Å². The van der Waals surface area contributed by atoms with Crippen LogP contribution in [0.4, 0.5) is 0 Å². The molecule has 3 N–H and O–H groups in total. The number of rotatable bonds is 3. The molecule has 0 bridgehead atoms. The van der Waals surface area contributed by atoms with Crippen LogP contribution in [-0.4, -0.2) is 44.9 Å². The number of likely N-dealkylation sites (tertiary alicyclic amines) is 1. The van der Waals surface area contributed by atoms with E-state index in [2.05, 4.69) is 5.32 Å². The molecule has 0 radical (unpaired) electrons. The summed E-state index contributed by atoms with van der Waals surface area (Å²) in [7, 11) is 0. The Morgan fingerprint density at radius 3 is 2.74 bits per heavy atom. The molecule has 5 nitrogen and oxygen atoms in total. The molecule has 1 aromatic rings. The van der Waals surface area contributed by atoms with Gasteiger partial charge in [0.2, 0.25) is 0 Å². The Balaban J connectivity index is 1.94. The van der Waals surface area contributed by atoms with E-state index in [0.717, 1.165) is 5.56 Å². The van der Waals surface area contributed by atoms with Gasteiger partial charge in [-0.05, 0) is 17.8 Å². The average molecular weight is 280 g/mol. The molecule has 2 rings (SSSR count). The smallest absolute Gasteiger partial charge is 0.326 e. The number of hydrogen-bond donors (Lipinski definition) is 3. The average Bonchev–Trinajstić information content (AvgIpc) is 2.79. The van der Waals surface area contributed by atoms with Crippen LogP contribution in [0.15, 0.2) is 30.3 Å². The molecule has 0 spiro atoms. The van der Waals surface area contributed by atoms with E-state index in [9.17, 15) is 9.90 Å². The van der Waals surface area contributed by atoms with Crippen LogP contribution in [0.3, 0.4) is 0 Å². The van der Waals surface area contributed by atoms with Crippen LogP contribution in [0, 0.1) is 0 Å². The summed E-state index contributed by atoms with van der Waals surface area (Å²) >= 11 is 5.20. The minimum Gasteiger partial charge on any atom is -0.480 e. The van der Waals surface area contributed by atoms with Crippen LogP contribution in [0.2, 0.25) is 0 Å². The predicted octanol–water partition coefficient (Wildman–Crippen LogP) is 0.581. The van der Waals surface area contributed by atoms with Crippen LogP contribution in [0.5, 0.6) is 0 Å². The third-order valence-corrected chi connectivity index (χ3v) is 3.49. The summed E-state index contributed by atoms with van der Waals surface area (Å²) in [5.74, 6) is -0.958. The number of carboxylic acid groups (broad SMARTS) is 1. The maximum atomic E-state index is 11.1. The number of hydrogen-bond acceptors (Lipinski definition) is 3. The van der Waals surface area contributed by atoms with Gasteiger partial charge in [0.25, 0.3) is 0 Å².